The molecule has 2 aromatic heterocycles. The van der Waals surface area contributed by atoms with Crippen LogP contribution in [0.4, 0.5) is 0 Å². The van der Waals surface area contributed by atoms with Crippen LogP contribution in [0, 0.1) is 0 Å². The standard InChI is InChI=1S/C16H13ClN2O2/c1-21-12-4-2-11(3-5-12)10-19-15(20)7-6-13-14(17)8-9-18-16(13)19/h2-9H,10H2,1H3. The summed E-state index contributed by atoms with van der Waals surface area (Å²) in [5, 5.41) is 1.36. The molecule has 0 N–H and O–H groups in total. The average molecular weight is 301 g/mol. The molecule has 0 bridgehead atoms. The molecule has 0 aliphatic carbocycles. The molecule has 5 heteroatoms. The van der Waals surface area contributed by atoms with Crippen LogP contribution in [0.25, 0.3) is 11.0 Å². The fraction of sp³-hybridized carbons (Fsp3) is 0.125. The van der Waals surface area contributed by atoms with Gasteiger partial charge in [0, 0.05) is 17.6 Å². The van der Waals surface area contributed by atoms with Gasteiger partial charge in [-0.15, -0.1) is 0 Å². The summed E-state index contributed by atoms with van der Waals surface area (Å²) in [6.45, 7) is 0.438. The minimum atomic E-state index is -0.104. The third-order valence-electron chi connectivity index (χ3n) is 3.33. The molecule has 0 unspecified atom stereocenters. The third kappa shape index (κ3) is 2.62. The minimum Gasteiger partial charge on any atom is -0.497 e. The van der Waals surface area contributed by atoms with Crippen LogP contribution >= 0.6 is 11.6 Å². The molecule has 0 fully saturated rings. The van der Waals surface area contributed by atoms with Crippen LogP contribution in [0.2, 0.25) is 5.02 Å². The van der Waals surface area contributed by atoms with Crippen molar-refractivity contribution >= 4 is 22.6 Å². The summed E-state index contributed by atoms with van der Waals surface area (Å²) < 4.78 is 6.74. The Morgan fingerprint density at radius 1 is 1.14 bits per heavy atom. The molecular weight excluding hydrogens is 288 g/mol. The van der Waals surface area contributed by atoms with Gasteiger partial charge in [-0.3, -0.25) is 9.36 Å². The number of fused-ring (bicyclic) bond motifs is 1. The predicted molar refractivity (Wildman–Crippen MR) is 83.1 cm³/mol. The number of benzene rings is 1. The highest BCUT2D eigenvalue weighted by Crippen LogP contribution is 2.20. The highest BCUT2D eigenvalue weighted by atomic mass is 35.5. The summed E-state index contributed by atoms with van der Waals surface area (Å²) >= 11 is 6.15. The number of hydrogen-bond donors (Lipinski definition) is 0. The molecular formula is C16H13ClN2O2. The van der Waals surface area contributed by atoms with Crippen molar-refractivity contribution in [1.29, 1.82) is 0 Å². The molecule has 0 radical (unpaired) electrons. The van der Waals surface area contributed by atoms with Crippen molar-refractivity contribution < 1.29 is 4.74 Å². The number of nitrogens with zero attached hydrogens (tertiary/aromatic N) is 2. The van der Waals surface area contributed by atoms with Crippen molar-refractivity contribution in [2.24, 2.45) is 0 Å². The zero-order valence-corrected chi connectivity index (χ0v) is 12.2. The Morgan fingerprint density at radius 3 is 2.62 bits per heavy atom. The van der Waals surface area contributed by atoms with E-state index in [-0.39, 0.29) is 5.56 Å². The van der Waals surface area contributed by atoms with E-state index in [9.17, 15) is 4.79 Å². The van der Waals surface area contributed by atoms with Gasteiger partial charge in [-0.05, 0) is 29.8 Å². The van der Waals surface area contributed by atoms with Crippen molar-refractivity contribution in [2.75, 3.05) is 7.11 Å². The van der Waals surface area contributed by atoms with E-state index in [1.165, 1.54) is 6.07 Å². The zero-order chi connectivity index (χ0) is 14.8. The molecule has 0 saturated heterocycles. The SMILES string of the molecule is COc1ccc(Cn2c(=O)ccc3c(Cl)ccnc32)cc1. The first-order valence-corrected chi connectivity index (χ1v) is 6.84. The fourth-order valence-electron chi connectivity index (χ4n) is 2.22. The smallest absolute Gasteiger partial charge is 0.252 e. The molecule has 1 aromatic carbocycles. The molecule has 0 aliphatic rings. The first-order valence-electron chi connectivity index (χ1n) is 6.46. The highest BCUT2D eigenvalue weighted by molar-refractivity contribution is 6.35. The van der Waals surface area contributed by atoms with E-state index in [1.54, 1.807) is 30.0 Å². The summed E-state index contributed by atoms with van der Waals surface area (Å²) in [6.07, 6.45) is 1.61. The topological polar surface area (TPSA) is 44.1 Å². The van der Waals surface area contributed by atoms with Gasteiger partial charge in [-0.2, -0.15) is 0 Å². The maximum Gasteiger partial charge on any atom is 0.252 e. The lowest BCUT2D eigenvalue weighted by Gasteiger charge is -2.10. The molecule has 2 heterocycles. The number of pyridine rings is 2. The fourth-order valence-corrected chi connectivity index (χ4v) is 2.43. The van der Waals surface area contributed by atoms with Crippen LogP contribution < -0.4 is 10.3 Å². The Morgan fingerprint density at radius 2 is 1.90 bits per heavy atom. The quantitative estimate of drug-likeness (QED) is 0.746. The van der Waals surface area contributed by atoms with E-state index >= 15 is 0 Å². The Balaban J connectivity index is 2.09. The van der Waals surface area contributed by atoms with Gasteiger partial charge in [0.15, 0.2) is 0 Å². The van der Waals surface area contributed by atoms with Gasteiger partial charge < -0.3 is 4.74 Å². The van der Waals surface area contributed by atoms with E-state index in [0.717, 1.165) is 16.7 Å². The lowest BCUT2D eigenvalue weighted by atomic mass is 10.2. The molecule has 0 spiro atoms. The lowest BCUT2D eigenvalue weighted by molar-refractivity contribution is 0.414. The first-order chi connectivity index (χ1) is 10.2. The number of methoxy groups -OCH3 is 1. The van der Waals surface area contributed by atoms with Gasteiger partial charge in [0.05, 0.1) is 18.7 Å². The lowest BCUT2D eigenvalue weighted by Crippen LogP contribution is -2.20. The van der Waals surface area contributed by atoms with Gasteiger partial charge in [-0.1, -0.05) is 23.7 Å². The van der Waals surface area contributed by atoms with Crippen LogP contribution in [0.15, 0.2) is 53.5 Å². The van der Waals surface area contributed by atoms with Crippen molar-refractivity contribution in [3.8, 4) is 5.75 Å². The van der Waals surface area contributed by atoms with Crippen molar-refractivity contribution in [3.63, 3.8) is 0 Å². The maximum atomic E-state index is 12.1. The number of aromatic nitrogens is 2. The van der Waals surface area contributed by atoms with Gasteiger partial charge in [0.25, 0.3) is 5.56 Å². The third-order valence-corrected chi connectivity index (χ3v) is 3.66. The second-order valence-electron chi connectivity index (χ2n) is 4.64. The molecule has 0 saturated carbocycles. The Bertz CT molecular complexity index is 841. The molecule has 4 nitrogen and oxygen atoms in total. The number of rotatable bonds is 3. The van der Waals surface area contributed by atoms with Crippen molar-refractivity contribution in [2.45, 2.75) is 6.54 Å². The summed E-state index contributed by atoms with van der Waals surface area (Å²) in [5.74, 6) is 0.783. The van der Waals surface area contributed by atoms with E-state index in [4.69, 9.17) is 16.3 Å². The molecule has 3 rings (SSSR count). The van der Waals surface area contributed by atoms with Crippen molar-refractivity contribution in [3.05, 3.63) is 69.6 Å². The second-order valence-corrected chi connectivity index (χ2v) is 5.04. The normalized spacial score (nSPS) is 10.8. The van der Waals surface area contributed by atoms with Crippen LogP contribution in [0.5, 0.6) is 5.75 Å². The molecule has 3 aromatic rings. The summed E-state index contributed by atoms with van der Waals surface area (Å²) in [4.78, 5) is 16.4. The van der Waals surface area contributed by atoms with E-state index in [0.29, 0.717) is 17.2 Å². The summed E-state index contributed by atoms with van der Waals surface area (Å²) in [7, 11) is 1.62. The van der Waals surface area contributed by atoms with E-state index in [2.05, 4.69) is 4.98 Å². The highest BCUT2D eigenvalue weighted by Gasteiger charge is 2.07. The van der Waals surface area contributed by atoms with Crippen LogP contribution in [-0.4, -0.2) is 16.7 Å². The van der Waals surface area contributed by atoms with Gasteiger partial charge in [-0.25, -0.2) is 4.98 Å². The van der Waals surface area contributed by atoms with E-state index in [1.807, 2.05) is 24.3 Å². The summed E-state index contributed by atoms with van der Waals surface area (Å²) in [6, 6.07) is 12.5. The maximum absolute atomic E-state index is 12.1. The number of ether oxygens (including phenoxy) is 1. The molecule has 0 atom stereocenters. The van der Waals surface area contributed by atoms with Gasteiger partial charge in [0.2, 0.25) is 0 Å². The monoisotopic (exact) mass is 300 g/mol. The number of hydrogen-bond acceptors (Lipinski definition) is 3. The first kappa shape index (κ1) is 13.6. The molecule has 0 aliphatic heterocycles. The summed E-state index contributed by atoms with van der Waals surface area (Å²) in [5.41, 5.74) is 1.48. The minimum absolute atomic E-state index is 0.104. The average Bonchev–Trinajstić information content (AvgIpc) is 2.51. The van der Waals surface area contributed by atoms with Crippen molar-refractivity contribution in [1.82, 2.24) is 9.55 Å². The Labute approximate surface area is 126 Å². The van der Waals surface area contributed by atoms with Gasteiger partial charge in [0.1, 0.15) is 11.4 Å². The Hall–Kier alpha value is -2.33. The predicted octanol–water partition coefficient (Wildman–Crippen LogP) is 3.11. The molecule has 21 heavy (non-hydrogen) atoms. The second kappa shape index (κ2) is 5.58. The van der Waals surface area contributed by atoms with Gasteiger partial charge >= 0.3 is 0 Å². The molecule has 106 valence electrons. The van der Waals surface area contributed by atoms with Crippen LogP contribution in [0.1, 0.15) is 5.56 Å². The van der Waals surface area contributed by atoms with Crippen LogP contribution in [0.3, 0.4) is 0 Å². The van der Waals surface area contributed by atoms with Crippen LogP contribution in [-0.2, 0) is 6.54 Å². The Kier molecular flexibility index (Phi) is 3.62. The van der Waals surface area contributed by atoms with E-state index < -0.39 is 0 Å². The zero-order valence-electron chi connectivity index (χ0n) is 11.4. The number of halogens is 1. The molecule has 0 amide bonds. The largest absolute Gasteiger partial charge is 0.497 e.